The van der Waals surface area contributed by atoms with Crippen LogP contribution < -0.4 is 4.90 Å². The normalized spacial score (nSPS) is 11.7. The first-order chi connectivity index (χ1) is 16.1. The van der Waals surface area contributed by atoms with E-state index < -0.39 is 11.7 Å². The fourth-order valence-electron chi connectivity index (χ4n) is 3.61. The number of pyridine rings is 1. The van der Waals surface area contributed by atoms with E-state index in [-0.39, 0.29) is 17.6 Å². The van der Waals surface area contributed by atoms with Gasteiger partial charge in [0.15, 0.2) is 5.65 Å². The molecule has 0 atom stereocenters. The van der Waals surface area contributed by atoms with Gasteiger partial charge in [-0.25, -0.2) is 9.78 Å². The van der Waals surface area contributed by atoms with Crippen LogP contribution in [-0.4, -0.2) is 31.3 Å². The van der Waals surface area contributed by atoms with Gasteiger partial charge >= 0.3 is 6.09 Å². The maximum Gasteiger partial charge on any atom is 0.416 e. The number of hydrogen-bond acceptors (Lipinski definition) is 5. The number of carbonyl (C=O) groups is 1. The molecule has 4 rings (SSSR count). The molecule has 0 spiro atoms. The molecular formula is C26H28ClN5O2. The zero-order chi connectivity index (χ0) is 24.5. The highest BCUT2D eigenvalue weighted by molar-refractivity contribution is 6.29. The van der Waals surface area contributed by atoms with E-state index in [4.69, 9.17) is 16.3 Å². The molecule has 0 N–H and O–H groups in total. The molecule has 8 heteroatoms. The zero-order valence-corrected chi connectivity index (χ0v) is 20.7. The predicted octanol–water partition coefficient (Wildman–Crippen LogP) is 6.51. The van der Waals surface area contributed by atoms with E-state index in [9.17, 15) is 4.79 Å². The van der Waals surface area contributed by atoms with E-state index in [1.54, 1.807) is 27.9 Å². The molecule has 0 fully saturated rings. The fraction of sp³-hybridized carbons (Fsp3) is 0.308. The van der Waals surface area contributed by atoms with Crippen molar-refractivity contribution in [2.24, 2.45) is 0 Å². The summed E-state index contributed by atoms with van der Waals surface area (Å²) in [5.41, 5.74) is 3.91. The van der Waals surface area contributed by atoms with Crippen LogP contribution in [0.3, 0.4) is 0 Å². The van der Waals surface area contributed by atoms with Crippen molar-refractivity contribution in [2.45, 2.75) is 52.7 Å². The molecule has 3 heterocycles. The standard InChI is InChI=1S/C26H28ClN5O2/c1-17(2)21-15-29-32-23(13-22(27)30-24(21)32)31(25(33)34-26(3,4)5)16-18-8-10-19(11-9-18)20-7-6-12-28-14-20/h6-15,17H,16H2,1-5H3. The maximum absolute atomic E-state index is 13.3. The second-order valence-corrected chi connectivity index (χ2v) is 9.82. The van der Waals surface area contributed by atoms with Gasteiger partial charge in [-0.2, -0.15) is 9.61 Å². The van der Waals surface area contributed by atoms with E-state index in [0.29, 0.717) is 11.5 Å². The largest absolute Gasteiger partial charge is 0.443 e. The number of aromatic nitrogens is 4. The average molecular weight is 478 g/mol. The SMILES string of the molecule is CC(C)c1cnn2c(N(Cc3ccc(-c4cccnc4)cc3)C(=O)OC(C)(C)C)cc(Cl)nc12. The maximum atomic E-state index is 13.3. The van der Waals surface area contributed by atoms with Crippen LogP contribution in [0.2, 0.25) is 5.15 Å². The summed E-state index contributed by atoms with van der Waals surface area (Å²) < 4.78 is 7.38. The van der Waals surface area contributed by atoms with Gasteiger partial charge in [0, 0.05) is 24.0 Å². The van der Waals surface area contributed by atoms with Crippen molar-refractivity contribution >= 4 is 29.2 Å². The molecule has 0 aliphatic rings. The number of amides is 1. The highest BCUT2D eigenvalue weighted by Crippen LogP contribution is 2.28. The Morgan fingerprint density at radius 1 is 1.12 bits per heavy atom. The molecule has 4 aromatic rings. The molecule has 0 saturated carbocycles. The Hall–Kier alpha value is -3.45. The van der Waals surface area contributed by atoms with E-state index in [0.717, 1.165) is 22.3 Å². The lowest BCUT2D eigenvalue weighted by Gasteiger charge is -2.28. The van der Waals surface area contributed by atoms with Crippen LogP contribution in [0.1, 0.15) is 51.7 Å². The first kappa shape index (κ1) is 23.7. The Labute approximate surface area is 204 Å². The highest BCUT2D eigenvalue weighted by Gasteiger charge is 2.27. The van der Waals surface area contributed by atoms with Gasteiger partial charge in [-0.3, -0.25) is 9.88 Å². The van der Waals surface area contributed by atoms with Crippen molar-refractivity contribution in [3.05, 3.63) is 77.3 Å². The van der Waals surface area contributed by atoms with Crippen LogP contribution in [-0.2, 0) is 11.3 Å². The Balaban J connectivity index is 1.75. The number of benzene rings is 1. The Morgan fingerprint density at radius 2 is 1.85 bits per heavy atom. The molecular weight excluding hydrogens is 450 g/mol. The minimum atomic E-state index is -0.664. The number of fused-ring (bicyclic) bond motifs is 1. The summed E-state index contributed by atoms with van der Waals surface area (Å²) in [5, 5.41) is 4.80. The summed E-state index contributed by atoms with van der Waals surface area (Å²) in [6, 6.07) is 13.6. The van der Waals surface area contributed by atoms with Crippen LogP contribution in [0.25, 0.3) is 16.8 Å². The van der Waals surface area contributed by atoms with Crippen LogP contribution in [0.5, 0.6) is 0 Å². The molecule has 0 saturated heterocycles. The smallest absolute Gasteiger partial charge is 0.416 e. The lowest BCUT2D eigenvalue weighted by atomic mass is 10.1. The number of hydrogen-bond donors (Lipinski definition) is 0. The number of ether oxygens (including phenoxy) is 1. The third-order valence-electron chi connectivity index (χ3n) is 5.25. The highest BCUT2D eigenvalue weighted by atomic mass is 35.5. The van der Waals surface area contributed by atoms with Gasteiger partial charge in [0.25, 0.3) is 0 Å². The first-order valence-electron chi connectivity index (χ1n) is 11.2. The molecule has 1 aromatic carbocycles. The molecule has 0 aliphatic carbocycles. The summed E-state index contributed by atoms with van der Waals surface area (Å²) in [6.07, 6.45) is 4.84. The number of anilines is 1. The van der Waals surface area contributed by atoms with Crippen LogP contribution >= 0.6 is 11.6 Å². The number of rotatable bonds is 5. The molecule has 34 heavy (non-hydrogen) atoms. The van der Waals surface area contributed by atoms with E-state index in [1.165, 1.54) is 0 Å². The Morgan fingerprint density at radius 3 is 2.47 bits per heavy atom. The van der Waals surface area contributed by atoms with Crippen LogP contribution in [0.4, 0.5) is 10.6 Å². The Bertz CT molecular complexity index is 1290. The summed E-state index contributed by atoms with van der Waals surface area (Å²) in [7, 11) is 0. The molecule has 0 bridgehead atoms. The van der Waals surface area contributed by atoms with Crippen molar-refractivity contribution in [3.63, 3.8) is 0 Å². The molecule has 1 amide bonds. The topological polar surface area (TPSA) is 72.6 Å². The minimum Gasteiger partial charge on any atom is -0.443 e. The quantitative estimate of drug-likeness (QED) is 0.306. The molecule has 0 unspecified atom stereocenters. The van der Waals surface area contributed by atoms with Gasteiger partial charge in [-0.05, 0) is 49.4 Å². The molecule has 0 radical (unpaired) electrons. The second-order valence-electron chi connectivity index (χ2n) is 9.43. The van der Waals surface area contributed by atoms with Gasteiger partial charge in [0.1, 0.15) is 16.6 Å². The summed E-state index contributed by atoms with van der Waals surface area (Å²) in [5.74, 6) is 0.693. The van der Waals surface area contributed by atoms with Crippen molar-refractivity contribution in [3.8, 4) is 11.1 Å². The van der Waals surface area contributed by atoms with Crippen molar-refractivity contribution in [1.82, 2.24) is 19.6 Å². The van der Waals surface area contributed by atoms with E-state index in [1.807, 2.05) is 63.4 Å². The fourth-order valence-corrected chi connectivity index (χ4v) is 3.79. The number of halogens is 1. The van der Waals surface area contributed by atoms with Gasteiger partial charge < -0.3 is 4.74 Å². The summed E-state index contributed by atoms with van der Waals surface area (Å²) in [4.78, 5) is 23.5. The average Bonchev–Trinajstić information content (AvgIpc) is 3.21. The molecule has 7 nitrogen and oxygen atoms in total. The lowest BCUT2D eigenvalue weighted by molar-refractivity contribution is 0.0575. The van der Waals surface area contributed by atoms with Gasteiger partial charge in [-0.15, -0.1) is 0 Å². The van der Waals surface area contributed by atoms with E-state index >= 15 is 0 Å². The minimum absolute atomic E-state index is 0.200. The van der Waals surface area contributed by atoms with Gasteiger partial charge in [-0.1, -0.05) is 55.8 Å². The van der Waals surface area contributed by atoms with Crippen LogP contribution in [0, 0.1) is 0 Å². The third-order valence-corrected chi connectivity index (χ3v) is 5.44. The lowest BCUT2D eigenvalue weighted by Crippen LogP contribution is -2.37. The summed E-state index contributed by atoms with van der Waals surface area (Å²) >= 11 is 6.39. The Kier molecular flexibility index (Phi) is 6.57. The first-order valence-corrected chi connectivity index (χ1v) is 11.5. The summed E-state index contributed by atoms with van der Waals surface area (Å²) in [6.45, 7) is 9.92. The van der Waals surface area contributed by atoms with Gasteiger partial charge in [0.2, 0.25) is 0 Å². The second kappa shape index (κ2) is 9.43. The third kappa shape index (κ3) is 5.20. The molecule has 176 valence electrons. The monoisotopic (exact) mass is 477 g/mol. The predicted molar refractivity (Wildman–Crippen MR) is 134 cm³/mol. The van der Waals surface area contributed by atoms with Crippen molar-refractivity contribution in [2.75, 3.05) is 4.90 Å². The van der Waals surface area contributed by atoms with Gasteiger partial charge in [0.05, 0.1) is 12.7 Å². The van der Waals surface area contributed by atoms with Crippen molar-refractivity contribution in [1.29, 1.82) is 0 Å². The number of carbonyl (C=O) groups excluding carboxylic acids is 1. The number of nitrogens with zero attached hydrogens (tertiary/aromatic N) is 5. The molecule has 3 aromatic heterocycles. The van der Waals surface area contributed by atoms with Crippen molar-refractivity contribution < 1.29 is 9.53 Å². The zero-order valence-electron chi connectivity index (χ0n) is 20.0. The van der Waals surface area contributed by atoms with Crippen LogP contribution in [0.15, 0.2) is 61.1 Å². The van der Waals surface area contributed by atoms with E-state index in [2.05, 4.69) is 28.9 Å². The molecule has 0 aliphatic heterocycles.